The van der Waals surface area contributed by atoms with Crippen molar-refractivity contribution in [2.45, 2.75) is 64.2 Å². The lowest BCUT2D eigenvalue weighted by Crippen LogP contribution is -2.57. The van der Waals surface area contributed by atoms with Crippen LogP contribution in [0.1, 0.15) is 46.0 Å². The van der Waals surface area contributed by atoms with Gasteiger partial charge in [-0.25, -0.2) is 14.0 Å². The summed E-state index contributed by atoms with van der Waals surface area (Å²) in [6, 6.07) is -0.501. The van der Waals surface area contributed by atoms with Crippen LogP contribution in [0.5, 0.6) is 0 Å². The Kier molecular flexibility index (Phi) is 8.13. The van der Waals surface area contributed by atoms with Gasteiger partial charge in [-0.3, -0.25) is 14.6 Å². The Morgan fingerprint density at radius 3 is 2.29 bits per heavy atom. The predicted octanol–water partition coefficient (Wildman–Crippen LogP) is 2.40. The van der Waals surface area contributed by atoms with Crippen molar-refractivity contribution in [1.29, 1.82) is 0 Å². The minimum Gasteiger partial charge on any atom is -0.466 e. The number of rotatable bonds is 5. The maximum Gasteiger partial charge on any atom is 0.410 e. The minimum atomic E-state index is -1.05. The Morgan fingerprint density at radius 2 is 1.61 bits per heavy atom. The average Bonchev–Trinajstić information content (AvgIpc) is 2.77. The number of methoxy groups -OCH3 is 1. The molecule has 2 aliphatic heterocycles. The number of carbonyl (C=O) groups is 3. The molecule has 0 aromatic heterocycles. The number of nitrogens with zero attached hydrogens (tertiary/aromatic N) is 2. The molecule has 1 amide bonds. The van der Waals surface area contributed by atoms with E-state index in [0.29, 0.717) is 32.7 Å². The number of piperidine rings is 2. The second-order valence-electron chi connectivity index (χ2n) is 8.85. The zero-order valence-electron chi connectivity index (χ0n) is 18.8. The van der Waals surface area contributed by atoms with E-state index in [1.807, 2.05) is 0 Å². The highest BCUT2D eigenvalue weighted by molar-refractivity contribution is 5.81. The fourth-order valence-electron chi connectivity index (χ4n) is 5.54. The van der Waals surface area contributed by atoms with Crippen molar-refractivity contribution in [2.24, 2.45) is 17.8 Å². The lowest BCUT2D eigenvalue weighted by molar-refractivity contribution is -0.154. The number of amides is 1. The fourth-order valence-corrected chi connectivity index (χ4v) is 5.54. The molecule has 176 valence electrons. The predicted molar refractivity (Wildman–Crippen MR) is 110 cm³/mol. The van der Waals surface area contributed by atoms with Crippen LogP contribution in [0, 0.1) is 17.8 Å². The van der Waals surface area contributed by atoms with Gasteiger partial charge in [0.2, 0.25) is 0 Å². The maximum atomic E-state index is 14.4. The number of alkyl halides is 1. The summed E-state index contributed by atoms with van der Waals surface area (Å²) in [5.41, 5.74) is 0. The zero-order valence-corrected chi connectivity index (χ0v) is 18.8. The third-order valence-corrected chi connectivity index (χ3v) is 6.98. The van der Waals surface area contributed by atoms with E-state index in [1.165, 1.54) is 12.0 Å². The molecule has 2 heterocycles. The lowest BCUT2D eigenvalue weighted by Gasteiger charge is -2.49. The van der Waals surface area contributed by atoms with E-state index in [0.717, 1.165) is 19.3 Å². The molecule has 0 radical (unpaired) electrons. The molecule has 0 bridgehead atoms. The molecule has 0 aromatic rings. The summed E-state index contributed by atoms with van der Waals surface area (Å²) in [6.07, 6.45) is 1.76. The first-order valence-corrected chi connectivity index (χ1v) is 11.4. The molecule has 0 spiro atoms. The Labute approximate surface area is 183 Å². The van der Waals surface area contributed by atoms with Crippen molar-refractivity contribution in [3.63, 3.8) is 0 Å². The van der Waals surface area contributed by atoms with Crippen LogP contribution >= 0.6 is 0 Å². The first-order chi connectivity index (χ1) is 14.9. The Balaban J connectivity index is 1.68. The third kappa shape index (κ3) is 5.48. The molecule has 2 saturated heterocycles. The number of esters is 2. The van der Waals surface area contributed by atoms with Crippen LogP contribution in [0.3, 0.4) is 0 Å². The van der Waals surface area contributed by atoms with Gasteiger partial charge >= 0.3 is 18.0 Å². The SMILES string of the molecule is CCOC(=O)C1CC2C[C@@H](N3C[C@H](F)C[C@@H](C(=O)OCC)C3)CC[C@H]2CN1C(=O)OC. The standard InChI is InChI=1S/C22H35FN2O6/c1-4-30-20(26)16-8-17(23)13-24(11-16)18-7-6-14-12-25(22(28)29-3)19(10-15(14)9-18)21(27)31-5-2/h14-19H,4-13H2,1-3H3/t14-,15?,16+,17+,18-,19?/m0/s1. The summed E-state index contributed by atoms with van der Waals surface area (Å²) in [4.78, 5) is 40.6. The van der Waals surface area contributed by atoms with Gasteiger partial charge in [-0.2, -0.15) is 0 Å². The summed E-state index contributed by atoms with van der Waals surface area (Å²) in [5.74, 6) is -0.659. The molecule has 31 heavy (non-hydrogen) atoms. The molecule has 6 atom stereocenters. The molecule has 8 nitrogen and oxygen atoms in total. The summed E-state index contributed by atoms with van der Waals surface area (Å²) in [5, 5.41) is 0. The minimum absolute atomic E-state index is 0.157. The van der Waals surface area contributed by atoms with Gasteiger partial charge in [0.05, 0.1) is 26.2 Å². The Morgan fingerprint density at radius 1 is 0.903 bits per heavy atom. The van der Waals surface area contributed by atoms with Gasteiger partial charge in [-0.15, -0.1) is 0 Å². The first-order valence-electron chi connectivity index (χ1n) is 11.4. The van der Waals surface area contributed by atoms with Crippen LogP contribution in [0.2, 0.25) is 0 Å². The van der Waals surface area contributed by atoms with Crippen molar-refractivity contribution in [1.82, 2.24) is 9.80 Å². The van der Waals surface area contributed by atoms with Gasteiger partial charge in [0.15, 0.2) is 0 Å². The van der Waals surface area contributed by atoms with Crippen molar-refractivity contribution in [3.8, 4) is 0 Å². The Hall–Kier alpha value is -1.90. The van der Waals surface area contributed by atoms with Crippen molar-refractivity contribution in [2.75, 3.05) is 40.0 Å². The largest absolute Gasteiger partial charge is 0.466 e. The van der Waals surface area contributed by atoms with Crippen LogP contribution in [-0.2, 0) is 23.8 Å². The highest BCUT2D eigenvalue weighted by atomic mass is 19.1. The number of ether oxygens (including phenoxy) is 3. The summed E-state index contributed by atoms with van der Waals surface area (Å²) in [6.45, 7) is 5.35. The lowest BCUT2D eigenvalue weighted by atomic mass is 9.70. The number of carbonyl (C=O) groups excluding carboxylic acids is 3. The van der Waals surface area contributed by atoms with Crippen molar-refractivity contribution < 1.29 is 33.0 Å². The van der Waals surface area contributed by atoms with E-state index in [1.54, 1.807) is 13.8 Å². The number of hydrogen-bond acceptors (Lipinski definition) is 7. The van der Waals surface area contributed by atoms with E-state index >= 15 is 0 Å². The fraction of sp³-hybridized carbons (Fsp3) is 0.864. The molecule has 1 aliphatic carbocycles. The number of fused-ring (bicyclic) bond motifs is 1. The maximum absolute atomic E-state index is 14.4. The van der Waals surface area contributed by atoms with Crippen molar-refractivity contribution >= 4 is 18.0 Å². The summed E-state index contributed by atoms with van der Waals surface area (Å²) < 4.78 is 29.7. The molecule has 0 N–H and O–H groups in total. The normalized spacial score (nSPS) is 33.9. The molecular formula is C22H35FN2O6. The zero-order chi connectivity index (χ0) is 22.5. The van der Waals surface area contributed by atoms with Crippen LogP contribution < -0.4 is 0 Å². The number of halogens is 1. The van der Waals surface area contributed by atoms with E-state index in [2.05, 4.69) is 4.90 Å². The molecular weight excluding hydrogens is 407 g/mol. The molecule has 1 saturated carbocycles. The van der Waals surface area contributed by atoms with Crippen LogP contribution in [0.25, 0.3) is 0 Å². The van der Waals surface area contributed by atoms with Gasteiger partial charge in [0.1, 0.15) is 12.2 Å². The van der Waals surface area contributed by atoms with Gasteiger partial charge < -0.3 is 14.2 Å². The topological polar surface area (TPSA) is 85.4 Å². The van der Waals surface area contributed by atoms with Crippen LogP contribution in [-0.4, -0.2) is 86.0 Å². The molecule has 9 heteroatoms. The van der Waals surface area contributed by atoms with Gasteiger partial charge in [0.25, 0.3) is 0 Å². The Bertz CT molecular complexity index is 662. The first kappa shape index (κ1) is 23.8. The monoisotopic (exact) mass is 442 g/mol. The molecule has 2 unspecified atom stereocenters. The van der Waals surface area contributed by atoms with E-state index < -0.39 is 30.2 Å². The smallest absolute Gasteiger partial charge is 0.410 e. The molecule has 0 aromatic carbocycles. The second-order valence-corrected chi connectivity index (χ2v) is 8.85. The van der Waals surface area contributed by atoms with Crippen LogP contribution in [0.4, 0.5) is 9.18 Å². The molecule has 3 fully saturated rings. The van der Waals surface area contributed by atoms with Crippen LogP contribution in [0.15, 0.2) is 0 Å². The van der Waals surface area contributed by atoms with E-state index in [4.69, 9.17) is 14.2 Å². The number of hydrogen-bond donors (Lipinski definition) is 0. The summed E-state index contributed by atoms with van der Waals surface area (Å²) in [7, 11) is 1.32. The quantitative estimate of drug-likeness (QED) is 0.477. The number of likely N-dealkylation sites (tertiary alicyclic amines) is 2. The molecule has 3 rings (SSSR count). The van der Waals surface area contributed by atoms with Gasteiger partial charge in [0, 0.05) is 25.7 Å². The van der Waals surface area contributed by atoms with E-state index in [9.17, 15) is 18.8 Å². The molecule has 3 aliphatic rings. The van der Waals surface area contributed by atoms with Gasteiger partial charge in [-0.05, 0) is 57.8 Å². The summed E-state index contributed by atoms with van der Waals surface area (Å²) >= 11 is 0. The van der Waals surface area contributed by atoms with Crippen molar-refractivity contribution in [3.05, 3.63) is 0 Å². The van der Waals surface area contributed by atoms with E-state index in [-0.39, 0.29) is 36.9 Å². The van der Waals surface area contributed by atoms with Gasteiger partial charge in [-0.1, -0.05) is 0 Å². The second kappa shape index (κ2) is 10.6. The average molecular weight is 443 g/mol. The highest BCUT2D eigenvalue weighted by Crippen LogP contribution is 2.41. The highest BCUT2D eigenvalue weighted by Gasteiger charge is 2.46. The third-order valence-electron chi connectivity index (χ3n) is 6.98.